The van der Waals surface area contributed by atoms with Crippen LogP contribution in [-0.2, 0) is 4.79 Å². The van der Waals surface area contributed by atoms with Crippen LogP contribution in [0.2, 0.25) is 0 Å². The van der Waals surface area contributed by atoms with Gasteiger partial charge in [0.15, 0.2) is 11.2 Å². The van der Waals surface area contributed by atoms with E-state index in [0.717, 1.165) is 5.56 Å². The highest BCUT2D eigenvalue weighted by Gasteiger charge is 2.09. The zero-order valence-corrected chi connectivity index (χ0v) is 10.3. The molecule has 2 aromatic heterocycles. The van der Waals surface area contributed by atoms with Crippen LogP contribution in [0.5, 0.6) is 0 Å². The van der Waals surface area contributed by atoms with Crippen molar-refractivity contribution >= 4 is 22.8 Å². The molecule has 1 aromatic carbocycles. The average Bonchev–Trinajstić information content (AvgIpc) is 2.82. The zero-order chi connectivity index (χ0) is 13.2. The van der Waals surface area contributed by atoms with E-state index >= 15 is 0 Å². The van der Waals surface area contributed by atoms with E-state index < -0.39 is 0 Å². The highest BCUT2D eigenvalue weighted by atomic mass is 16.3. The first kappa shape index (κ1) is 11.4. The summed E-state index contributed by atoms with van der Waals surface area (Å²) in [4.78, 5) is 19.5. The van der Waals surface area contributed by atoms with Crippen molar-refractivity contribution < 1.29 is 9.21 Å². The van der Waals surface area contributed by atoms with Gasteiger partial charge in [0.05, 0.1) is 0 Å². The molecule has 0 aliphatic heterocycles. The number of fused-ring (bicyclic) bond motifs is 1. The molecule has 2 heterocycles. The first-order valence-electron chi connectivity index (χ1n) is 5.82. The average molecular weight is 253 g/mol. The molecule has 0 atom stereocenters. The second-order valence-corrected chi connectivity index (χ2v) is 4.11. The van der Waals surface area contributed by atoms with Gasteiger partial charge in [-0.2, -0.15) is 4.98 Å². The van der Waals surface area contributed by atoms with Crippen LogP contribution in [0.25, 0.3) is 22.7 Å². The Kier molecular flexibility index (Phi) is 2.72. The standard InChI is InChI=1S/C14H11N3O2/c1-9(18)16-11-5-2-4-10(8-11)14-17-13-12(19-14)6-3-7-15-13/h2-8H,1H3,(H,16,18). The highest BCUT2D eigenvalue weighted by Crippen LogP contribution is 2.25. The Balaban J connectivity index is 2.03. The molecule has 0 spiro atoms. The fraction of sp³-hybridized carbons (Fsp3) is 0.0714. The molecule has 3 rings (SSSR count). The van der Waals surface area contributed by atoms with Gasteiger partial charge in [0.25, 0.3) is 0 Å². The molecule has 1 amide bonds. The maximum atomic E-state index is 11.0. The summed E-state index contributed by atoms with van der Waals surface area (Å²) in [6.07, 6.45) is 1.67. The number of nitrogens with zero attached hydrogens (tertiary/aromatic N) is 2. The third kappa shape index (κ3) is 2.30. The van der Waals surface area contributed by atoms with Crippen molar-refractivity contribution in [3.8, 4) is 11.5 Å². The summed E-state index contributed by atoms with van der Waals surface area (Å²) >= 11 is 0. The van der Waals surface area contributed by atoms with Gasteiger partial charge >= 0.3 is 0 Å². The van der Waals surface area contributed by atoms with Gasteiger partial charge in [-0.1, -0.05) is 6.07 Å². The Hall–Kier alpha value is -2.69. The number of hydrogen-bond donors (Lipinski definition) is 1. The molecule has 1 N–H and O–H groups in total. The number of aromatic nitrogens is 2. The molecule has 0 saturated carbocycles. The number of carbonyl (C=O) groups is 1. The molecule has 3 aromatic rings. The zero-order valence-electron chi connectivity index (χ0n) is 10.3. The van der Waals surface area contributed by atoms with E-state index in [9.17, 15) is 4.79 Å². The van der Waals surface area contributed by atoms with Gasteiger partial charge in [-0.05, 0) is 30.3 Å². The second kappa shape index (κ2) is 4.53. The topological polar surface area (TPSA) is 68.0 Å². The maximum Gasteiger partial charge on any atom is 0.228 e. The number of nitrogens with one attached hydrogen (secondary N) is 1. The van der Waals surface area contributed by atoms with Gasteiger partial charge in [0.1, 0.15) is 0 Å². The van der Waals surface area contributed by atoms with Crippen LogP contribution in [0.4, 0.5) is 5.69 Å². The summed E-state index contributed by atoms with van der Waals surface area (Å²) in [5.74, 6) is 0.372. The summed E-state index contributed by atoms with van der Waals surface area (Å²) in [6.45, 7) is 1.47. The lowest BCUT2D eigenvalue weighted by Gasteiger charge is -2.02. The Bertz CT molecular complexity index is 716. The molecule has 94 valence electrons. The predicted molar refractivity (Wildman–Crippen MR) is 71.5 cm³/mol. The Labute approximate surface area is 109 Å². The van der Waals surface area contributed by atoms with E-state index in [1.54, 1.807) is 12.3 Å². The molecule has 0 unspecified atom stereocenters. The molecule has 0 aliphatic carbocycles. The normalized spacial score (nSPS) is 10.6. The highest BCUT2D eigenvalue weighted by molar-refractivity contribution is 5.89. The molecule has 5 heteroatoms. The number of carbonyl (C=O) groups excluding carboxylic acids is 1. The fourth-order valence-corrected chi connectivity index (χ4v) is 1.83. The van der Waals surface area contributed by atoms with Crippen molar-refractivity contribution in [2.24, 2.45) is 0 Å². The third-order valence-corrected chi connectivity index (χ3v) is 2.59. The molecule has 0 aliphatic rings. The lowest BCUT2D eigenvalue weighted by Crippen LogP contribution is -2.05. The number of pyridine rings is 1. The summed E-state index contributed by atoms with van der Waals surface area (Å²) in [7, 11) is 0. The summed E-state index contributed by atoms with van der Waals surface area (Å²) in [6, 6.07) is 10.9. The number of oxazole rings is 1. The molecule has 0 fully saturated rings. The van der Waals surface area contributed by atoms with Crippen LogP contribution in [0.15, 0.2) is 47.0 Å². The third-order valence-electron chi connectivity index (χ3n) is 2.59. The SMILES string of the molecule is CC(=O)Nc1cccc(-c2nc3ncccc3o2)c1. The van der Waals surface area contributed by atoms with Crippen LogP contribution in [0, 0.1) is 0 Å². The predicted octanol–water partition coefficient (Wildman–Crippen LogP) is 2.85. The Morgan fingerprint density at radius 3 is 2.95 bits per heavy atom. The van der Waals surface area contributed by atoms with Crippen LogP contribution >= 0.6 is 0 Å². The molecule has 0 bridgehead atoms. The van der Waals surface area contributed by atoms with E-state index in [4.69, 9.17) is 4.42 Å². The lowest BCUT2D eigenvalue weighted by atomic mass is 10.2. The van der Waals surface area contributed by atoms with Gasteiger partial charge in [0.2, 0.25) is 11.8 Å². The molecule has 0 radical (unpaired) electrons. The number of anilines is 1. The van der Waals surface area contributed by atoms with Crippen molar-refractivity contribution in [1.29, 1.82) is 0 Å². The minimum atomic E-state index is -0.114. The van der Waals surface area contributed by atoms with E-state index in [1.165, 1.54) is 6.92 Å². The summed E-state index contributed by atoms with van der Waals surface area (Å²) in [5, 5.41) is 2.72. The molecular formula is C14H11N3O2. The number of amides is 1. The molecule has 19 heavy (non-hydrogen) atoms. The van der Waals surface area contributed by atoms with Gasteiger partial charge in [0, 0.05) is 24.4 Å². The first-order chi connectivity index (χ1) is 9.22. The van der Waals surface area contributed by atoms with Crippen molar-refractivity contribution in [3.05, 3.63) is 42.6 Å². The van der Waals surface area contributed by atoms with Crippen molar-refractivity contribution in [3.63, 3.8) is 0 Å². The first-order valence-corrected chi connectivity index (χ1v) is 5.82. The molecular weight excluding hydrogens is 242 g/mol. The second-order valence-electron chi connectivity index (χ2n) is 4.11. The van der Waals surface area contributed by atoms with E-state index in [-0.39, 0.29) is 5.91 Å². The van der Waals surface area contributed by atoms with Crippen molar-refractivity contribution in [2.75, 3.05) is 5.32 Å². The molecule has 0 saturated heterocycles. The fourth-order valence-electron chi connectivity index (χ4n) is 1.83. The Morgan fingerprint density at radius 1 is 1.26 bits per heavy atom. The van der Waals surface area contributed by atoms with Crippen molar-refractivity contribution in [2.45, 2.75) is 6.92 Å². The smallest absolute Gasteiger partial charge is 0.228 e. The van der Waals surface area contributed by atoms with Gasteiger partial charge < -0.3 is 9.73 Å². The number of hydrogen-bond acceptors (Lipinski definition) is 4. The van der Waals surface area contributed by atoms with Crippen LogP contribution < -0.4 is 5.32 Å². The Morgan fingerprint density at radius 2 is 2.16 bits per heavy atom. The maximum absolute atomic E-state index is 11.0. The summed E-state index contributed by atoms with van der Waals surface area (Å²) in [5.41, 5.74) is 2.72. The van der Waals surface area contributed by atoms with Gasteiger partial charge in [-0.25, -0.2) is 4.98 Å². The van der Waals surface area contributed by atoms with E-state index in [1.807, 2.05) is 30.3 Å². The van der Waals surface area contributed by atoms with Gasteiger partial charge in [-0.15, -0.1) is 0 Å². The van der Waals surface area contributed by atoms with Crippen LogP contribution in [-0.4, -0.2) is 15.9 Å². The summed E-state index contributed by atoms with van der Waals surface area (Å²) < 4.78 is 5.63. The largest absolute Gasteiger partial charge is 0.434 e. The van der Waals surface area contributed by atoms with E-state index in [0.29, 0.717) is 22.8 Å². The van der Waals surface area contributed by atoms with E-state index in [2.05, 4.69) is 15.3 Å². The molecule has 5 nitrogen and oxygen atoms in total. The monoisotopic (exact) mass is 253 g/mol. The van der Waals surface area contributed by atoms with Crippen molar-refractivity contribution in [1.82, 2.24) is 9.97 Å². The number of benzene rings is 1. The van der Waals surface area contributed by atoms with Crippen LogP contribution in [0.1, 0.15) is 6.92 Å². The quantitative estimate of drug-likeness (QED) is 0.762. The number of rotatable bonds is 2. The minimum absolute atomic E-state index is 0.114. The van der Waals surface area contributed by atoms with Crippen LogP contribution in [0.3, 0.4) is 0 Å². The van der Waals surface area contributed by atoms with Gasteiger partial charge in [-0.3, -0.25) is 4.79 Å². The minimum Gasteiger partial charge on any atom is -0.434 e. The lowest BCUT2D eigenvalue weighted by molar-refractivity contribution is -0.114.